The van der Waals surface area contributed by atoms with E-state index in [2.05, 4.69) is 23.3 Å². The zero-order chi connectivity index (χ0) is 13.7. The van der Waals surface area contributed by atoms with E-state index in [-0.39, 0.29) is 0 Å². The number of aromatic nitrogens is 1. The number of hydrogen-bond donors (Lipinski definition) is 1. The standard InChI is InChI=1S/C15H20ClN3/c1-11-2-4-12(5-3-11)6-7-18-15-9-13(10-17)8-14(16)19-15/h8-9,11-12H,2-7H2,1H3,(H,18,19). The van der Waals surface area contributed by atoms with Gasteiger partial charge in [-0.2, -0.15) is 5.26 Å². The molecule has 2 rings (SSSR count). The summed E-state index contributed by atoms with van der Waals surface area (Å²) in [5.74, 6) is 2.43. The lowest BCUT2D eigenvalue weighted by molar-refractivity contribution is 0.282. The molecule has 0 saturated heterocycles. The van der Waals surface area contributed by atoms with Crippen molar-refractivity contribution in [3.63, 3.8) is 0 Å². The summed E-state index contributed by atoms with van der Waals surface area (Å²) < 4.78 is 0. The summed E-state index contributed by atoms with van der Waals surface area (Å²) in [6.07, 6.45) is 6.57. The Morgan fingerprint density at radius 3 is 2.79 bits per heavy atom. The Hall–Kier alpha value is -1.27. The molecule has 3 nitrogen and oxygen atoms in total. The molecule has 0 spiro atoms. The molecule has 102 valence electrons. The smallest absolute Gasteiger partial charge is 0.132 e. The number of anilines is 1. The Balaban J connectivity index is 1.79. The van der Waals surface area contributed by atoms with Crippen LogP contribution in [0.1, 0.15) is 44.6 Å². The molecular weight excluding hydrogens is 258 g/mol. The highest BCUT2D eigenvalue weighted by Crippen LogP contribution is 2.30. The fourth-order valence-electron chi connectivity index (χ4n) is 2.67. The Bertz CT molecular complexity index is 459. The molecular formula is C15H20ClN3. The number of nitriles is 1. The third kappa shape index (κ3) is 4.40. The van der Waals surface area contributed by atoms with Gasteiger partial charge in [0.2, 0.25) is 0 Å². The van der Waals surface area contributed by atoms with Crippen LogP contribution in [0.15, 0.2) is 12.1 Å². The minimum atomic E-state index is 0.369. The van der Waals surface area contributed by atoms with Gasteiger partial charge >= 0.3 is 0 Å². The normalized spacial score (nSPS) is 22.8. The second-order valence-corrected chi connectivity index (χ2v) is 5.90. The van der Waals surface area contributed by atoms with Crippen molar-refractivity contribution < 1.29 is 0 Å². The molecule has 0 atom stereocenters. The Morgan fingerprint density at radius 1 is 1.37 bits per heavy atom. The van der Waals surface area contributed by atoms with Crippen molar-refractivity contribution in [1.82, 2.24) is 4.98 Å². The quantitative estimate of drug-likeness (QED) is 0.838. The van der Waals surface area contributed by atoms with Gasteiger partial charge in [-0.05, 0) is 30.4 Å². The highest BCUT2D eigenvalue weighted by Gasteiger charge is 2.17. The number of pyridine rings is 1. The largest absolute Gasteiger partial charge is 0.370 e. The molecule has 1 aliphatic carbocycles. The maximum absolute atomic E-state index is 8.88. The molecule has 1 saturated carbocycles. The Kier molecular flexibility index (Phi) is 5.04. The van der Waals surface area contributed by atoms with E-state index < -0.39 is 0 Å². The van der Waals surface area contributed by atoms with Crippen LogP contribution in [0.5, 0.6) is 0 Å². The molecule has 1 aromatic rings. The molecule has 1 fully saturated rings. The van der Waals surface area contributed by atoms with Gasteiger partial charge < -0.3 is 5.32 Å². The van der Waals surface area contributed by atoms with E-state index in [9.17, 15) is 0 Å². The van der Waals surface area contributed by atoms with Crippen molar-refractivity contribution in [2.75, 3.05) is 11.9 Å². The van der Waals surface area contributed by atoms with E-state index >= 15 is 0 Å². The highest BCUT2D eigenvalue weighted by atomic mass is 35.5. The van der Waals surface area contributed by atoms with Crippen LogP contribution in [-0.4, -0.2) is 11.5 Å². The summed E-state index contributed by atoms with van der Waals surface area (Å²) in [4.78, 5) is 4.18. The van der Waals surface area contributed by atoms with Crippen LogP contribution in [0.3, 0.4) is 0 Å². The van der Waals surface area contributed by atoms with Crippen LogP contribution in [0.25, 0.3) is 0 Å². The molecule has 1 aliphatic rings. The van der Waals surface area contributed by atoms with Crippen molar-refractivity contribution in [2.45, 2.75) is 39.0 Å². The summed E-state index contributed by atoms with van der Waals surface area (Å²) in [7, 11) is 0. The van der Waals surface area contributed by atoms with Crippen molar-refractivity contribution in [2.24, 2.45) is 11.8 Å². The second kappa shape index (κ2) is 6.77. The molecule has 1 N–H and O–H groups in total. The van der Waals surface area contributed by atoms with Crippen LogP contribution in [-0.2, 0) is 0 Å². The van der Waals surface area contributed by atoms with E-state index in [1.807, 2.05) is 0 Å². The molecule has 0 radical (unpaired) electrons. The third-order valence-corrected chi connectivity index (χ3v) is 4.11. The lowest BCUT2D eigenvalue weighted by atomic mass is 9.81. The average Bonchev–Trinajstić information content (AvgIpc) is 2.40. The van der Waals surface area contributed by atoms with Gasteiger partial charge in [0, 0.05) is 6.54 Å². The number of rotatable bonds is 4. The highest BCUT2D eigenvalue weighted by molar-refractivity contribution is 6.29. The SMILES string of the molecule is CC1CCC(CCNc2cc(C#N)cc(Cl)n2)CC1. The van der Waals surface area contributed by atoms with Crippen LogP contribution in [0.2, 0.25) is 5.15 Å². The third-order valence-electron chi connectivity index (χ3n) is 3.92. The first kappa shape index (κ1) is 14.1. The molecule has 1 heterocycles. The fraction of sp³-hybridized carbons (Fsp3) is 0.600. The van der Waals surface area contributed by atoms with Crippen LogP contribution < -0.4 is 5.32 Å². The van der Waals surface area contributed by atoms with Gasteiger partial charge in [-0.15, -0.1) is 0 Å². The maximum atomic E-state index is 8.88. The zero-order valence-corrected chi connectivity index (χ0v) is 12.1. The average molecular weight is 278 g/mol. The number of halogens is 1. The summed E-state index contributed by atoms with van der Waals surface area (Å²) in [6.45, 7) is 3.24. The summed E-state index contributed by atoms with van der Waals surface area (Å²) in [5.41, 5.74) is 0.550. The molecule has 1 aromatic heterocycles. The van der Waals surface area contributed by atoms with E-state index in [0.717, 1.165) is 18.4 Å². The van der Waals surface area contributed by atoms with Crippen LogP contribution in [0, 0.1) is 23.2 Å². The van der Waals surface area contributed by atoms with Crippen molar-refractivity contribution in [3.8, 4) is 6.07 Å². The van der Waals surface area contributed by atoms with Crippen LogP contribution >= 0.6 is 11.6 Å². The lowest BCUT2D eigenvalue weighted by Crippen LogP contribution is -2.16. The van der Waals surface area contributed by atoms with Gasteiger partial charge in [-0.25, -0.2) is 4.98 Å². The summed E-state index contributed by atoms with van der Waals surface area (Å²) in [6, 6.07) is 5.41. The van der Waals surface area contributed by atoms with Gasteiger partial charge in [0.05, 0.1) is 11.6 Å². The lowest BCUT2D eigenvalue weighted by Gasteiger charge is -2.26. The maximum Gasteiger partial charge on any atom is 0.132 e. The van der Waals surface area contributed by atoms with E-state index in [1.54, 1.807) is 12.1 Å². The molecule has 0 aliphatic heterocycles. The minimum Gasteiger partial charge on any atom is -0.370 e. The number of nitrogens with one attached hydrogen (secondary N) is 1. The summed E-state index contributed by atoms with van der Waals surface area (Å²) in [5, 5.41) is 12.5. The monoisotopic (exact) mass is 277 g/mol. The first-order chi connectivity index (χ1) is 9.17. The molecule has 19 heavy (non-hydrogen) atoms. The minimum absolute atomic E-state index is 0.369. The predicted octanol–water partition coefficient (Wildman–Crippen LogP) is 4.23. The van der Waals surface area contributed by atoms with Gasteiger partial charge in [0.25, 0.3) is 0 Å². The van der Waals surface area contributed by atoms with Gasteiger partial charge in [0.1, 0.15) is 11.0 Å². The topological polar surface area (TPSA) is 48.7 Å². The molecule has 0 bridgehead atoms. The molecule has 0 unspecified atom stereocenters. The van der Waals surface area contributed by atoms with E-state index in [0.29, 0.717) is 16.5 Å². The molecule has 4 heteroatoms. The second-order valence-electron chi connectivity index (χ2n) is 5.52. The van der Waals surface area contributed by atoms with Gasteiger partial charge in [-0.1, -0.05) is 44.2 Å². The van der Waals surface area contributed by atoms with Crippen molar-refractivity contribution in [1.29, 1.82) is 5.26 Å². The fourth-order valence-corrected chi connectivity index (χ4v) is 2.88. The Labute approximate surface area is 120 Å². The first-order valence-corrected chi connectivity index (χ1v) is 7.36. The zero-order valence-electron chi connectivity index (χ0n) is 11.3. The van der Waals surface area contributed by atoms with Crippen LogP contribution in [0.4, 0.5) is 5.82 Å². The van der Waals surface area contributed by atoms with E-state index in [1.165, 1.54) is 32.1 Å². The van der Waals surface area contributed by atoms with Gasteiger partial charge in [0.15, 0.2) is 0 Å². The number of hydrogen-bond acceptors (Lipinski definition) is 3. The van der Waals surface area contributed by atoms with Gasteiger partial charge in [-0.3, -0.25) is 0 Å². The predicted molar refractivity (Wildman–Crippen MR) is 78.2 cm³/mol. The molecule has 0 aromatic carbocycles. The Morgan fingerprint density at radius 2 is 2.11 bits per heavy atom. The first-order valence-electron chi connectivity index (χ1n) is 6.99. The van der Waals surface area contributed by atoms with Crippen molar-refractivity contribution >= 4 is 17.4 Å². The number of nitrogens with zero attached hydrogens (tertiary/aromatic N) is 2. The van der Waals surface area contributed by atoms with Crippen molar-refractivity contribution in [3.05, 3.63) is 22.8 Å². The summed E-state index contributed by atoms with van der Waals surface area (Å²) >= 11 is 5.87. The van der Waals surface area contributed by atoms with E-state index in [4.69, 9.17) is 16.9 Å². The molecule has 0 amide bonds.